The highest BCUT2D eigenvalue weighted by molar-refractivity contribution is 6.07. The molecule has 0 atom stereocenters. The lowest BCUT2D eigenvalue weighted by molar-refractivity contribution is -0.385. The number of fused-ring (bicyclic) bond motifs is 1. The molecule has 2 aromatic rings. The fourth-order valence-electron chi connectivity index (χ4n) is 3.22. The van der Waals surface area contributed by atoms with Crippen molar-refractivity contribution in [3.05, 3.63) is 63.7 Å². The van der Waals surface area contributed by atoms with Crippen LogP contribution in [0.5, 0.6) is 0 Å². The van der Waals surface area contributed by atoms with Crippen molar-refractivity contribution in [2.45, 2.75) is 26.3 Å². The van der Waals surface area contributed by atoms with Crippen molar-refractivity contribution in [2.24, 2.45) is 0 Å². The molecule has 146 valence electrons. The number of hydrogen-bond donors (Lipinski definition) is 1. The average Bonchev–Trinajstić information content (AvgIpc) is 2.64. The number of carbonyl (C=O) groups excluding carboxylic acids is 2. The van der Waals surface area contributed by atoms with Gasteiger partial charge in [-0.3, -0.25) is 14.9 Å². The Hall–Kier alpha value is -3.42. The minimum Gasteiger partial charge on any atom is -0.460 e. The van der Waals surface area contributed by atoms with Crippen LogP contribution in [0.2, 0.25) is 0 Å². The lowest BCUT2D eigenvalue weighted by atomic mass is 9.98. The van der Waals surface area contributed by atoms with Crippen LogP contribution in [-0.2, 0) is 9.53 Å². The largest absolute Gasteiger partial charge is 0.460 e. The molecule has 0 radical (unpaired) electrons. The number of amides is 1. The van der Waals surface area contributed by atoms with Gasteiger partial charge < -0.3 is 15.0 Å². The van der Waals surface area contributed by atoms with E-state index < -0.39 is 16.4 Å². The number of nitro groups is 1. The maximum Gasteiger partial charge on any atom is 0.338 e. The summed E-state index contributed by atoms with van der Waals surface area (Å²) in [6, 6.07) is 11.7. The Morgan fingerprint density at radius 1 is 1.21 bits per heavy atom. The Balaban J connectivity index is 1.73. The van der Waals surface area contributed by atoms with Crippen molar-refractivity contribution in [3.8, 4) is 0 Å². The zero-order valence-corrected chi connectivity index (χ0v) is 15.9. The Bertz CT molecular complexity index is 955. The van der Waals surface area contributed by atoms with Crippen molar-refractivity contribution >= 4 is 28.9 Å². The minimum atomic E-state index is -0.783. The number of nitrogens with one attached hydrogen (secondary N) is 1. The molecule has 0 aromatic heterocycles. The first kappa shape index (κ1) is 19.3. The first-order valence-electron chi connectivity index (χ1n) is 8.82. The second kappa shape index (κ2) is 7.30. The van der Waals surface area contributed by atoms with Crippen molar-refractivity contribution < 1.29 is 19.2 Å². The molecule has 28 heavy (non-hydrogen) atoms. The maximum atomic E-state index is 12.8. The lowest BCUT2D eigenvalue weighted by Gasteiger charge is -2.39. The SMILES string of the molecule is Cc1c(C(=O)OCCN2C(=O)C(C)(C)Nc3ccccc32)cccc1[N+](=O)[O-]. The standard InChI is InChI=1S/C20H21N3O5/c1-13-14(7-6-10-16(13)23(26)27)18(24)28-12-11-22-17-9-5-4-8-15(17)21-20(2,3)19(22)25/h4-10,21H,11-12H2,1-3H3. The van der Waals surface area contributed by atoms with Crippen LogP contribution in [0.4, 0.5) is 17.1 Å². The number of hydrogen-bond acceptors (Lipinski definition) is 6. The number of para-hydroxylation sites is 2. The number of anilines is 2. The van der Waals surface area contributed by atoms with Gasteiger partial charge in [0.1, 0.15) is 12.1 Å². The zero-order valence-electron chi connectivity index (χ0n) is 15.9. The summed E-state index contributed by atoms with van der Waals surface area (Å²) in [6.07, 6.45) is 0. The van der Waals surface area contributed by atoms with Crippen LogP contribution in [0, 0.1) is 17.0 Å². The normalized spacial score (nSPS) is 14.8. The van der Waals surface area contributed by atoms with Crippen LogP contribution in [0.1, 0.15) is 29.8 Å². The summed E-state index contributed by atoms with van der Waals surface area (Å²) in [5.41, 5.74) is 1.02. The molecule has 0 spiro atoms. The van der Waals surface area contributed by atoms with Gasteiger partial charge in [0, 0.05) is 11.6 Å². The number of rotatable bonds is 5. The summed E-state index contributed by atoms with van der Waals surface area (Å²) in [5.74, 6) is -0.787. The van der Waals surface area contributed by atoms with E-state index in [9.17, 15) is 19.7 Å². The molecule has 1 aliphatic heterocycles. The summed E-state index contributed by atoms with van der Waals surface area (Å²) in [6.45, 7) is 5.23. The monoisotopic (exact) mass is 383 g/mol. The molecule has 1 N–H and O–H groups in total. The molecule has 8 heteroatoms. The second-order valence-electron chi connectivity index (χ2n) is 7.07. The Kier molecular flexibility index (Phi) is 5.04. The molecule has 1 aliphatic rings. The maximum absolute atomic E-state index is 12.8. The number of carbonyl (C=O) groups is 2. The number of ether oxygens (including phenoxy) is 1. The van der Waals surface area contributed by atoms with E-state index in [0.29, 0.717) is 0 Å². The van der Waals surface area contributed by atoms with E-state index in [1.807, 2.05) is 24.3 Å². The Morgan fingerprint density at radius 2 is 1.93 bits per heavy atom. The van der Waals surface area contributed by atoms with Gasteiger partial charge in [-0.15, -0.1) is 0 Å². The quantitative estimate of drug-likeness (QED) is 0.483. The van der Waals surface area contributed by atoms with Gasteiger partial charge in [-0.1, -0.05) is 18.2 Å². The summed E-state index contributed by atoms with van der Waals surface area (Å²) >= 11 is 0. The van der Waals surface area contributed by atoms with Gasteiger partial charge in [-0.2, -0.15) is 0 Å². The van der Waals surface area contributed by atoms with Gasteiger partial charge in [0.05, 0.1) is 28.4 Å². The van der Waals surface area contributed by atoms with Crippen molar-refractivity contribution in [1.82, 2.24) is 0 Å². The lowest BCUT2D eigenvalue weighted by Crippen LogP contribution is -2.54. The summed E-state index contributed by atoms with van der Waals surface area (Å²) in [4.78, 5) is 37.2. The molecule has 0 saturated heterocycles. The van der Waals surface area contributed by atoms with Gasteiger partial charge in [-0.25, -0.2) is 4.79 Å². The number of nitrogens with zero attached hydrogens (tertiary/aromatic N) is 2. The summed E-state index contributed by atoms with van der Waals surface area (Å²) in [7, 11) is 0. The molecule has 0 unspecified atom stereocenters. The van der Waals surface area contributed by atoms with Gasteiger partial charge >= 0.3 is 5.97 Å². The number of benzene rings is 2. The predicted octanol–water partition coefficient (Wildman–Crippen LogP) is 3.30. The average molecular weight is 383 g/mol. The molecule has 0 fully saturated rings. The predicted molar refractivity (Wildman–Crippen MR) is 105 cm³/mol. The van der Waals surface area contributed by atoms with E-state index in [1.165, 1.54) is 25.1 Å². The third-order valence-electron chi connectivity index (χ3n) is 4.69. The molecular formula is C20H21N3O5. The van der Waals surface area contributed by atoms with Crippen LogP contribution in [0.3, 0.4) is 0 Å². The molecule has 8 nitrogen and oxygen atoms in total. The topological polar surface area (TPSA) is 102 Å². The fraction of sp³-hybridized carbons (Fsp3) is 0.300. The third kappa shape index (κ3) is 3.53. The van der Waals surface area contributed by atoms with Gasteiger partial charge in [-0.05, 0) is 39.0 Å². The van der Waals surface area contributed by atoms with Crippen LogP contribution in [-0.4, -0.2) is 35.5 Å². The highest BCUT2D eigenvalue weighted by Crippen LogP contribution is 2.34. The van der Waals surface area contributed by atoms with Crippen LogP contribution in [0.25, 0.3) is 0 Å². The first-order chi connectivity index (χ1) is 13.2. The molecule has 2 aromatic carbocycles. The van der Waals surface area contributed by atoms with E-state index >= 15 is 0 Å². The summed E-state index contributed by atoms with van der Waals surface area (Å²) < 4.78 is 5.30. The summed E-state index contributed by atoms with van der Waals surface area (Å²) in [5, 5.41) is 14.2. The minimum absolute atomic E-state index is 0.0306. The molecule has 3 rings (SSSR count). The molecule has 1 amide bonds. The van der Waals surface area contributed by atoms with Crippen molar-refractivity contribution in [1.29, 1.82) is 0 Å². The molecule has 1 heterocycles. The molecule has 0 bridgehead atoms. The van der Waals surface area contributed by atoms with Crippen LogP contribution in [0.15, 0.2) is 42.5 Å². The Morgan fingerprint density at radius 3 is 2.64 bits per heavy atom. The zero-order chi connectivity index (χ0) is 20.5. The molecular weight excluding hydrogens is 362 g/mol. The highest BCUT2D eigenvalue weighted by atomic mass is 16.6. The number of nitro benzene ring substituents is 1. The van der Waals surface area contributed by atoms with Crippen molar-refractivity contribution in [2.75, 3.05) is 23.4 Å². The third-order valence-corrected chi connectivity index (χ3v) is 4.69. The molecule has 0 saturated carbocycles. The van der Waals surface area contributed by atoms with Gasteiger partial charge in [0.2, 0.25) is 0 Å². The van der Waals surface area contributed by atoms with Crippen LogP contribution < -0.4 is 10.2 Å². The van der Waals surface area contributed by atoms with Gasteiger partial charge in [0.15, 0.2) is 0 Å². The van der Waals surface area contributed by atoms with Crippen LogP contribution >= 0.6 is 0 Å². The number of esters is 1. The van der Waals surface area contributed by atoms with E-state index in [2.05, 4.69) is 5.32 Å². The van der Waals surface area contributed by atoms with E-state index in [-0.39, 0.29) is 35.9 Å². The van der Waals surface area contributed by atoms with E-state index in [1.54, 1.807) is 18.7 Å². The van der Waals surface area contributed by atoms with E-state index in [4.69, 9.17) is 4.74 Å². The van der Waals surface area contributed by atoms with E-state index in [0.717, 1.165) is 11.4 Å². The fourth-order valence-corrected chi connectivity index (χ4v) is 3.22. The first-order valence-corrected chi connectivity index (χ1v) is 8.82. The highest BCUT2D eigenvalue weighted by Gasteiger charge is 2.38. The Labute approximate surface area is 162 Å². The second-order valence-corrected chi connectivity index (χ2v) is 7.07. The van der Waals surface area contributed by atoms with Gasteiger partial charge in [0.25, 0.3) is 11.6 Å². The smallest absolute Gasteiger partial charge is 0.338 e. The molecule has 0 aliphatic carbocycles. The van der Waals surface area contributed by atoms with Crippen molar-refractivity contribution in [3.63, 3.8) is 0 Å².